The molecule has 2 aliphatic carbocycles. The minimum Gasteiger partial charge on any atom is -0.481 e. The van der Waals surface area contributed by atoms with Gasteiger partial charge in [0.1, 0.15) is 0 Å². The molecule has 2 saturated carbocycles. The van der Waals surface area contributed by atoms with Crippen molar-refractivity contribution in [2.75, 3.05) is 7.11 Å². The van der Waals surface area contributed by atoms with Crippen molar-refractivity contribution in [1.29, 1.82) is 0 Å². The first kappa shape index (κ1) is 18.0. The summed E-state index contributed by atoms with van der Waals surface area (Å²) < 4.78 is 4.73. The van der Waals surface area contributed by atoms with E-state index in [0.717, 1.165) is 31.2 Å². The molecule has 136 valence electrons. The average Bonchev–Trinajstić information content (AvgIpc) is 3.07. The summed E-state index contributed by atoms with van der Waals surface area (Å²) in [4.78, 5) is 23.7. The van der Waals surface area contributed by atoms with E-state index in [9.17, 15) is 14.7 Å². The van der Waals surface area contributed by atoms with Crippen molar-refractivity contribution in [2.45, 2.75) is 63.7 Å². The first-order valence-corrected chi connectivity index (χ1v) is 9.46. The highest BCUT2D eigenvalue weighted by Crippen LogP contribution is 2.51. The summed E-state index contributed by atoms with van der Waals surface area (Å²) >= 11 is 0. The van der Waals surface area contributed by atoms with Gasteiger partial charge >= 0.3 is 11.9 Å². The predicted octanol–water partition coefficient (Wildman–Crippen LogP) is 4.78. The van der Waals surface area contributed by atoms with Crippen LogP contribution in [-0.4, -0.2) is 24.2 Å². The van der Waals surface area contributed by atoms with Gasteiger partial charge in [0.15, 0.2) is 0 Å². The van der Waals surface area contributed by atoms with Gasteiger partial charge in [0.2, 0.25) is 0 Å². The monoisotopic (exact) mass is 344 g/mol. The number of hydrogen-bond acceptors (Lipinski definition) is 3. The summed E-state index contributed by atoms with van der Waals surface area (Å²) in [6.45, 7) is 0. The number of carbonyl (C=O) groups excluding carboxylic acids is 1. The van der Waals surface area contributed by atoms with Crippen molar-refractivity contribution < 1.29 is 19.4 Å². The molecule has 0 amide bonds. The molecule has 2 atom stereocenters. The predicted molar refractivity (Wildman–Crippen MR) is 95.6 cm³/mol. The molecule has 0 saturated heterocycles. The standard InChI is InChI=1S/C21H28O4/c1-25-19(22)17-9-7-16(8-10-17)18-11-12-21(14-18,20(23)24)13-15-5-3-2-4-6-15/h7-10,15,18H,2-6,11-14H2,1H3,(H,23,24)/t18-,21-/m0/s1. The Morgan fingerprint density at radius 3 is 2.40 bits per heavy atom. The number of benzene rings is 1. The Morgan fingerprint density at radius 1 is 1.12 bits per heavy atom. The van der Waals surface area contributed by atoms with Crippen LogP contribution in [0.5, 0.6) is 0 Å². The Hall–Kier alpha value is -1.84. The summed E-state index contributed by atoms with van der Waals surface area (Å²) in [5.41, 5.74) is 1.11. The molecule has 0 heterocycles. The van der Waals surface area contributed by atoms with Gasteiger partial charge < -0.3 is 9.84 Å². The maximum absolute atomic E-state index is 12.1. The van der Waals surface area contributed by atoms with Gasteiger partial charge in [-0.05, 0) is 55.2 Å². The number of hydrogen-bond donors (Lipinski definition) is 1. The molecule has 2 aliphatic rings. The summed E-state index contributed by atoms with van der Waals surface area (Å²) in [7, 11) is 1.37. The molecule has 1 N–H and O–H groups in total. The van der Waals surface area contributed by atoms with Crippen LogP contribution in [0.1, 0.15) is 79.6 Å². The van der Waals surface area contributed by atoms with Gasteiger partial charge in [-0.1, -0.05) is 44.2 Å². The normalized spacial score (nSPS) is 27.2. The van der Waals surface area contributed by atoms with Crippen molar-refractivity contribution >= 4 is 11.9 Å². The third kappa shape index (κ3) is 3.88. The van der Waals surface area contributed by atoms with Gasteiger partial charge in [-0.15, -0.1) is 0 Å². The number of carbonyl (C=O) groups is 2. The highest BCUT2D eigenvalue weighted by molar-refractivity contribution is 5.89. The van der Waals surface area contributed by atoms with Crippen molar-refractivity contribution in [2.24, 2.45) is 11.3 Å². The fraction of sp³-hybridized carbons (Fsp3) is 0.619. The van der Waals surface area contributed by atoms with Crippen molar-refractivity contribution in [1.82, 2.24) is 0 Å². The summed E-state index contributed by atoms with van der Waals surface area (Å²) in [6, 6.07) is 7.47. The SMILES string of the molecule is COC(=O)c1ccc([C@H]2CC[C@@](CC3CCCCC3)(C(=O)O)C2)cc1. The van der Waals surface area contributed by atoms with Crippen LogP contribution in [0.2, 0.25) is 0 Å². The molecule has 2 fully saturated rings. The van der Waals surface area contributed by atoms with Gasteiger partial charge in [0.25, 0.3) is 0 Å². The molecule has 1 aromatic rings. The van der Waals surface area contributed by atoms with E-state index in [1.807, 2.05) is 12.1 Å². The molecule has 4 nitrogen and oxygen atoms in total. The van der Waals surface area contributed by atoms with Gasteiger partial charge in [-0.25, -0.2) is 4.79 Å². The fourth-order valence-electron chi connectivity index (χ4n) is 4.83. The lowest BCUT2D eigenvalue weighted by Gasteiger charge is -2.31. The lowest BCUT2D eigenvalue weighted by molar-refractivity contribution is -0.150. The minimum absolute atomic E-state index is 0.270. The Balaban J connectivity index is 1.71. The molecular weight excluding hydrogens is 316 g/mol. The quantitative estimate of drug-likeness (QED) is 0.781. The van der Waals surface area contributed by atoms with Gasteiger partial charge in [0.05, 0.1) is 18.1 Å². The Labute approximate surface area is 149 Å². The number of carboxylic acids is 1. The van der Waals surface area contributed by atoms with Gasteiger partial charge in [-0.2, -0.15) is 0 Å². The van der Waals surface area contributed by atoms with Crippen LogP contribution in [0.15, 0.2) is 24.3 Å². The second-order valence-corrected chi connectivity index (χ2v) is 7.85. The Bertz CT molecular complexity index is 615. The number of rotatable bonds is 5. The van der Waals surface area contributed by atoms with E-state index in [0.29, 0.717) is 11.5 Å². The van der Waals surface area contributed by atoms with Crippen LogP contribution < -0.4 is 0 Å². The molecule has 0 aliphatic heterocycles. The highest BCUT2D eigenvalue weighted by atomic mass is 16.5. The molecule has 25 heavy (non-hydrogen) atoms. The maximum Gasteiger partial charge on any atom is 0.337 e. The topological polar surface area (TPSA) is 63.6 Å². The molecule has 0 bridgehead atoms. The Morgan fingerprint density at radius 2 is 1.80 bits per heavy atom. The minimum atomic E-state index is -0.619. The molecule has 3 rings (SSSR count). The second-order valence-electron chi connectivity index (χ2n) is 7.85. The summed E-state index contributed by atoms with van der Waals surface area (Å²) in [5, 5.41) is 9.95. The number of ether oxygens (including phenoxy) is 1. The zero-order chi connectivity index (χ0) is 17.9. The maximum atomic E-state index is 12.1. The molecule has 0 unspecified atom stereocenters. The third-order valence-corrected chi connectivity index (χ3v) is 6.27. The number of esters is 1. The van der Waals surface area contributed by atoms with Gasteiger partial charge in [-0.3, -0.25) is 4.79 Å². The molecule has 1 aromatic carbocycles. The van der Waals surface area contributed by atoms with Crippen LogP contribution >= 0.6 is 0 Å². The lowest BCUT2D eigenvalue weighted by Crippen LogP contribution is -2.31. The molecular formula is C21H28O4. The van der Waals surface area contributed by atoms with E-state index in [2.05, 4.69) is 0 Å². The van der Waals surface area contributed by atoms with Crippen molar-refractivity contribution in [3.8, 4) is 0 Å². The summed E-state index contributed by atoms with van der Waals surface area (Å²) in [5.74, 6) is -0.112. The highest BCUT2D eigenvalue weighted by Gasteiger charge is 2.46. The molecule has 0 spiro atoms. The molecule has 0 radical (unpaired) electrons. The Kier molecular flexibility index (Phi) is 5.45. The summed E-state index contributed by atoms with van der Waals surface area (Å²) in [6.07, 6.45) is 9.40. The third-order valence-electron chi connectivity index (χ3n) is 6.27. The van der Waals surface area contributed by atoms with Crippen LogP contribution in [0, 0.1) is 11.3 Å². The van der Waals surface area contributed by atoms with Crippen LogP contribution in [0.3, 0.4) is 0 Å². The first-order valence-electron chi connectivity index (χ1n) is 9.46. The number of carboxylic acid groups (broad SMARTS) is 1. The molecule has 4 heteroatoms. The van der Waals surface area contributed by atoms with Gasteiger partial charge in [0, 0.05) is 0 Å². The molecule has 0 aromatic heterocycles. The van der Waals surface area contributed by atoms with Crippen molar-refractivity contribution in [3.05, 3.63) is 35.4 Å². The van der Waals surface area contributed by atoms with E-state index in [4.69, 9.17) is 4.74 Å². The van der Waals surface area contributed by atoms with Crippen LogP contribution in [0.25, 0.3) is 0 Å². The van der Waals surface area contributed by atoms with E-state index < -0.39 is 11.4 Å². The van der Waals surface area contributed by atoms with Crippen LogP contribution in [0.4, 0.5) is 0 Å². The van der Waals surface area contributed by atoms with E-state index in [1.165, 1.54) is 39.2 Å². The lowest BCUT2D eigenvalue weighted by atomic mass is 9.72. The average molecular weight is 344 g/mol. The van der Waals surface area contributed by atoms with E-state index in [1.54, 1.807) is 12.1 Å². The van der Waals surface area contributed by atoms with E-state index >= 15 is 0 Å². The van der Waals surface area contributed by atoms with Crippen molar-refractivity contribution in [3.63, 3.8) is 0 Å². The smallest absolute Gasteiger partial charge is 0.337 e. The number of aliphatic carboxylic acids is 1. The zero-order valence-electron chi connectivity index (χ0n) is 15.0. The van der Waals surface area contributed by atoms with E-state index in [-0.39, 0.29) is 11.9 Å². The fourth-order valence-corrected chi connectivity index (χ4v) is 4.83. The zero-order valence-corrected chi connectivity index (χ0v) is 15.0. The number of methoxy groups -OCH3 is 1. The second kappa shape index (κ2) is 7.59. The first-order chi connectivity index (χ1) is 12.0. The van der Waals surface area contributed by atoms with Crippen LogP contribution in [-0.2, 0) is 9.53 Å². The largest absolute Gasteiger partial charge is 0.481 e.